The third kappa shape index (κ3) is 3.92. The van der Waals surface area contributed by atoms with Gasteiger partial charge in [0.25, 0.3) is 0 Å². The summed E-state index contributed by atoms with van der Waals surface area (Å²) in [6.07, 6.45) is 5.74. The lowest BCUT2D eigenvalue weighted by Gasteiger charge is -2.31. The number of nitrogens with zero attached hydrogens (tertiary/aromatic N) is 2. The molecule has 4 heteroatoms. The lowest BCUT2D eigenvalue weighted by molar-refractivity contribution is -0.0587. The van der Waals surface area contributed by atoms with Gasteiger partial charge in [-0.25, -0.2) is 0 Å². The van der Waals surface area contributed by atoms with Crippen LogP contribution in [0.3, 0.4) is 0 Å². The molecule has 0 spiro atoms. The Balaban J connectivity index is 1.81. The largest absolute Gasteiger partial charge is 0.377 e. The van der Waals surface area contributed by atoms with E-state index in [-0.39, 0.29) is 12.2 Å². The van der Waals surface area contributed by atoms with E-state index in [4.69, 9.17) is 9.47 Å². The second-order valence-electron chi connectivity index (χ2n) is 5.56. The van der Waals surface area contributed by atoms with Crippen LogP contribution in [0.1, 0.15) is 25.7 Å². The van der Waals surface area contributed by atoms with Crippen molar-refractivity contribution in [2.45, 2.75) is 37.9 Å². The fraction of sp³-hybridized carbons (Fsp3) is 1.00. The zero-order valence-electron chi connectivity index (χ0n) is 11.9. The summed E-state index contributed by atoms with van der Waals surface area (Å²) in [6.45, 7) is 6.92. The molecule has 2 rings (SSSR count). The van der Waals surface area contributed by atoms with E-state index in [0.29, 0.717) is 0 Å². The van der Waals surface area contributed by atoms with Gasteiger partial charge < -0.3 is 19.3 Å². The molecule has 0 aromatic heterocycles. The molecular weight excluding hydrogens is 228 g/mol. The van der Waals surface area contributed by atoms with Gasteiger partial charge in [-0.05, 0) is 51.9 Å². The zero-order chi connectivity index (χ0) is 12.8. The van der Waals surface area contributed by atoms with E-state index in [1.165, 1.54) is 51.9 Å². The molecular formula is C14H28N2O2. The summed E-state index contributed by atoms with van der Waals surface area (Å²) < 4.78 is 11.4. The molecule has 2 heterocycles. The highest BCUT2D eigenvalue weighted by Gasteiger charge is 2.27. The maximum atomic E-state index is 5.68. The Morgan fingerprint density at radius 1 is 0.722 bits per heavy atom. The normalized spacial score (nSPS) is 25.7. The SMILES string of the molecule is COC(CN1CCCC1)[C@H](CN1CCCC1)OC. The predicted octanol–water partition coefficient (Wildman–Crippen LogP) is 1.21. The molecule has 4 nitrogen and oxygen atoms in total. The number of likely N-dealkylation sites (tertiary alicyclic amines) is 2. The number of rotatable bonds is 7. The minimum atomic E-state index is 0.202. The summed E-state index contributed by atoms with van der Waals surface area (Å²) in [6, 6.07) is 0. The second kappa shape index (κ2) is 7.43. The van der Waals surface area contributed by atoms with Gasteiger partial charge in [-0.3, -0.25) is 0 Å². The Morgan fingerprint density at radius 2 is 1.06 bits per heavy atom. The van der Waals surface area contributed by atoms with E-state index in [1.54, 1.807) is 0 Å². The second-order valence-corrected chi connectivity index (χ2v) is 5.56. The van der Waals surface area contributed by atoms with Gasteiger partial charge in [-0.2, -0.15) is 0 Å². The van der Waals surface area contributed by atoms with Crippen LogP contribution in [0.4, 0.5) is 0 Å². The summed E-state index contributed by atoms with van der Waals surface area (Å²) in [5.74, 6) is 0. The standard InChI is InChI=1S/C14H28N2O2/c1-17-13(11-15-7-3-4-8-15)14(18-2)12-16-9-5-6-10-16/h13-14H,3-12H2,1-2H3/t13-,14?/m0/s1. The third-order valence-electron chi connectivity index (χ3n) is 4.29. The van der Waals surface area contributed by atoms with Gasteiger partial charge in [-0.15, -0.1) is 0 Å². The highest BCUT2D eigenvalue weighted by molar-refractivity contribution is 4.81. The summed E-state index contributed by atoms with van der Waals surface area (Å²) >= 11 is 0. The van der Waals surface area contributed by atoms with Crippen LogP contribution in [0.2, 0.25) is 0 Å². The van der Waals surface area contributed by atoms with Crippen LogP contribution in [0, 0.1) is 0 Å². The first kappa shape index (κ1) is 14.3. The zero-order valence-corrected chi connectivity index (χ0v) is 11.9. The molecule has 0 bridgehead atoms. The number of hydrogen-bond acceptors (Lipinski definition) is 4. The summed E-state index contributed by atoms with van der Waals surface area (Å²) in [7, 11) is 3.63. The molecule has 0 radical (unpaired) electrons. The van der Waals surface area contributed by atoms with Crippen molar-refractivity contribution >= 4 is 0 Å². The smallest absolute Gasteiger partial charge is 0.0971 e. The Hall–Kier alpha value is -0.160. The van der Waals surface area contributed by atoms with E-state index in [2.05, 4.69) is 9.80 Å². The van der Waals surface area contributed by atoms with E-state index >= 15 is 0 Å². The molecule has 2 saturated heterocycles. The third-order valence-corrected chi connectivity index (χ3v) is 4.29. The first-order valence-corrected chi connectivity index (χ1v) is 7.34. The molecule has 1 unspecified atom stereocenters. The van der Waals surface area contributed by atoms with Crippen LogP contribution < -0.4 is 0 Å². The summed E-state index contributed by atoms with van der Waals surface area (Å²) in [5, 5.41) is 0. The van der Waals surface area contributed by atoms with Gasteiger partial charge in [0.2, 0.25) is 0 Å². The molecule has 18 heavy (non-hydrogen) atoms. The summed E-state index contributed by atoms with van der Waals surface area (Å²) in [5.41, 5.74) is 0. The first-order valence-electron chi connectivity index (χ1n) is 7.34. The molecule has 0 aromatic rings. The topological polar surface area (TPSA) is 24.9 Å². The van der Waals surface area contributed by atoms with Crippen LogP contribution in [0.25, 0.3) is 0 Å². The molecule has 0 amide bonds. The number of hydrogen-bond donors (Lipinski definition) is 0. The lowest BCUT2D eigenvalue weighted by atomic mass is 10.1. The highest BCUT2D eigenvalue weighted by atomic mass is 16.5. The van der Waals surface area contributed by atoms with Crippen LogP contribution in [0.15, 0.2) is 0 Å². The molecule has 0 aromatic carbocycles. The van der Waals surface area contributed by atoms with Crippen molar-refractivity contribution in [3.8, 4) is 0 Å². The Morgan fingerprint density at radius 3 is 1.33 bits per heavy atom. The molecule has 106 valence electrons. The van der Waals surface area contributed by atoms with Crippen molar-refractivity contribution in [1.29, 1.82) is 0 Å². The predicted molar refractivity (Wildman–Crippen MR) is 72.9 cm³/mol. The van der Waals surface area contributed by atoms with Gasteiger partial charge >= 0.3 is 0 Å². The van der Waals surface area contributed by atoms with Crippen molar-refractivity contribution in [3.05, 3.63) is 0 Å². The summed E-state index contributed by atoms with van der Waals surface area (Å²) in [4.78, 5) is 5.01. The van der Waals surface area contributed by atoms with Crippen LogP contribution in [-0.2, 0) is 9.47 Å². The van der Waals surface area contributed by atoms with E-state index in [0.717, 1.165) is 13.1 Å². The van der Waals surface area contributed by atoms with Gasteiger partial charge in [-0.1, -0.05) is 0 Å². The minimum absolute atomic E-state index is 0.202. The van der Waals surface area contributed by atoms with Crippen molar-refractivity contribution in [2.24, 2.45) is 0 Å². The number of ether oxygens (including phenoxy) is 2. The Bertz CT molecular complexity index is 202. The molecule has 2 aliphatic heterocycles. The molecule has 2 aliphatic rings. The molecule has 0 N–H and O–H groups in total. The lowest BCUT2D eigenvalue weighted by Crippen LogP contribution is -2.45. The van der Waals surface area contributed by atoms with Crippen molar-refractivity contribution in [3.63, 3.8) is 0 Å². The molecule has 0 saturated carbocycles. The van der Waals surface area contributed by atoms with Crippen LogP contribution in [0.5, 0.6) is 0 Å². The fourth-order valence-electron chi connectivity index (χ4n) is 3.13. The monoisotopic (exact) mass is 256 g/mol. The average Bonchev–Trinajstić information content (AvgIpc) is 3.06. The Kier molecular flexibility index (Phi) is 5.89. The van der Waals surface area contributed by atoms with E-state index in [9.17, 15) is 0 Å². The van der Waals surface area contributed by atoms with Crippen molar-refractivity contribution < 1.29 is 9.47 Å². The average molecular weight is 256 g/mol. The van der Waals surface area contributed by atoms with Gasteiger partial charge in [0, 0.05) is 27.3 Å². The maximum absolute atomic E-state index is 5.68. The first-order chi connectivity index (χ1) is 8.83. The van der Waals surface area contributed by atoms with Gasteiger partial charge in [0.1, 0.15) is 0 Å². The van der Waals surface area contributed by atoms with Crippen LogP contribution in [-0.4, -0.2) is 75.5 Å². The van der Waals surface area contributed by atoms with Gasteiger partial charge in [0.15, 0.2) is 0 Å². The minimum Gasteiger partial charge on any atom is -0.377 e. The van der Waals surface area contributed by atoms with Crippen molar-refractivity contribution in [1.82, 2.24) is 9.80 Å². The fourth-order valence-corrected chi connectivity index (χ4v) is 3.13. The molecule has 2 fully saturated rings. The highest BCUT2D eigenvalue weighted by Crippen LogP contribution is 2.15. The van der Waals surface area contributed by atoms with E-state index in [1.807, 2.05) is 14.2 Å². The molecule has 0 aliphatic carbocycles. The van der Waals surface area contributed by atoms with Crippen LogP contribution >= 0.6 is 0 Å². The number of methoxy groups -OCH3 is 2. The maximum Gasteiger partial charge on any atom is 0.0971 e. The Labute approximate surface area is 111 Å². The molecule has 2 atom stereocenters. The van der Waals surface area contributed by atoms with E-state index < -0.39 is 0 Å². The quantitative estimate of drug-likeness (QED) is 0.683. The van der Waals surface area contributed by atoms with Gasteiger partial charge in [0.05, 0.1) is 12.2 Å². The van der Waals surface area contributed by atoms with Crippen molar-refractivity contribution in [2.75, 3.05) is 53.5 Å².